The second kappa shape index (κ2) is 6.02. The van der Waals surface area contributed by atoms with Crippen LogP contribution in [0.15, 0.2) is 28.9 Å². The second-order valence-corrected chi connectivity index (χ2v) is 4.97. The van der Waals surface area contributed by atoms with Crippen LogP contribution in [0.4, 0.5) is 5.82 Å². The van der Waals surface area contributed by atoms with E-state index in [1.807, 2.05) is 25.1 Å². The molecule has 0 aliphatic rings. The normalized spacial score (nSPS) is 10.5. The van der Waals surface area contributed by atoms with E-state index >= 15 is 0 Å². The van der Waals surface area contributed by atoms with Crippen molar-refractivity contribution in [2.75, 3.05) is 18.5 Å². The van der Waals surface area contributed by atoms with Crippen molar-refractivity contribution in [1.29, 1.82) is 0 Å². The molecule has 0 amide bonds. The summed E-state index contributed by atoms with van der Waals surface area (Å²) in [5.74, 6) is 0.415. The fourth-order valence-corrected chi connectivity index (χ4v) is 2.37. The summed E-state index contributed by atoms with van der Waals surface area (Å²) >= 11 is 3.49. The summed E-state index contributed by atoms with van der Waals surface area (Å²) in [6, 6.07) is 6.03. The quantitative estimate of drug-likeness (QED) is 0.878. The minimum absolute atomic E-state index is 0.117. The predicted octanol–water partition coefficient (Wildman–Crippen LogP) is 3.28. The van der Waals surface area contributed by atoms with E-state index in [-0.39, 0.29) is 12.5 Å². The maximum atomic E-state index is 11.4. The Morgan fingerprint density at radius 1 is 1.47 bits per heavy atom. The number of halogens is 1. The summed E-state index contributed by atoms with van der Waals surface area (Å²) in [5.41, 5.74) is 1.11. The maximum Gasteiger partial charge on any atom is 0.325 e. The molecule has 0 unspecified atom stereocenters. The zero-order valence-corrected chi connectivity index (χ0v) is 12.5. The number of aromatic nitrogens is 1. The monoisotopic (exact) mass is 322 g/mol. The fraction of sp³-hybridized carbons (Fsp3) is 0.286. The molecule has 0 atom stereocenters. The van der Waals surface area contributed by atoms with Crippen LogP contribution in [0.25, 0.3) is 10.8 Å². The van der Waals surface area contributed by atoms with Gasteiger partial charge in [0.25, 0.3) is 0 Å². The number of hydrogen-bond acceptors (Lipinski definition) is 4. The molecule has 2 aromatic rings. The van der Waals surface area contributed by atoms with Crippen LogP contribution in [0, 0.1) is 6.92 Å². The highest BCUT2D eigenvalue weighted by Crippen LogP contribution is 2.30. The Labute approximate surface area is 120 Å². The summed E-state index contributed by atoms with van der Waals surface area (Å²) in [7, 11) is 0. The van der Waals surface area contributed by atoms with Gasteiger partial charge < -0.3 is 10.1 Å². The number of carbonyl (C=O) groups excluding carboxylic acids is 1. The predicted molar refractivity (Wildman–Crippen MR) is 79.3 cm³/mol. The Morgan fingerprint density at radius 2 is 2.26 bits per heavy atom. The molecular formula is C14H15BrN2O2. The molecule has 0 saturated heterocycles. The van der Waals surface area contributed by atoms with E-state index < -0.39 is 0 Å². The average molecular weight is 323 g/mol. The Balaban J connectivity index is 2.33. The first-order valence-corrected chi connectivity index (χ1v) is 6.86. The van der Waals surface area contributed by atoms with Crippen molar-refractivity contribution in [3.8, 4) is 0 Å². The molecule has 5 heteroatoms. The molecule has 0 spiro atoms. The Kier molecular flexibility index (Phi) is 4.37. The van der Waals surface area contributed by atoms with Gasteiger partial charge in [0, 0.05) is 21.4 Å². The van der Waals surface area contributed by atoms with Crippen LogP contribution in [-0.2, 0) is 9.53 Å². The van der Waals surface area contributed by atoms with Gasteiger partial charge in [-0.15, -0.1) is 0 Å². The number of rotatable bonds is 4. The van der Waals surface area contributed by atoms with Crippen molar-refractivity contribution >= 4 is 38.5 Å². The van der Waals surface area contributed by atoms with Gasteiger partial charge in [-0.3, -0.25) is 4.79 Å². The van der Waals surface area contributed by atoms with Crippen molar-refractivity contribution in [3.05, 3.63) is 34.4 Å². The third-order valence-corrected chi connectivity index (χ3v) is 3.41. The minimum Gasteiger partial charge on any atom is -0.465 e. The van der Waals surface area contributed by atoms with Crippen LogP contribution in [0.3, 0.4) is 0 Å². The third-order valence-electron chi connectivity index (χ3n) is 2.78. The smallest absolute Gasteiger partial charge is 0.325 e. The Hall–Kier alpha value is -1.62. The number of benzene rings is 1. The standard InChI is InChI=1S/C14H15BrN2O2/c1-3-19-12(18)8-17-14-13-9(2)5-4-6-10(13)11(15)7-16-14/h4-7H,3,8H2,1-2H3,(H,16,17). The molecule has 0 saturated carbocycles. The Morgan fingerprint density at radius 3 is 3.00 bits per heavy atom. The highest BCUT2D eigenvalue weighted by atomic mass is 79.9. The summed E-state index contributed by atoms with van der Waals surface area (Å²) in [4.78, 5) is 15.7. The number of aryl methyl sites for hydroxylation is 1. The van der Waals surface area contributed by atoms with Gasteiger partial charge in [-0.2, -0.15) is 0 Å². The topological polar surface area (TPSA) is 51.2 Å². The van der Waals surface area contributed by atoms with Gasteiger partial charge in [0.1, 0.15) is 12.4 Å². The average Bonchev–Trinajstić information content (AvgIpc) is 2.39. The van der Waals surface area contributed by atoms with Crippen LogP contribution in [-0.4, -0.2) is 24.1 Å². The number of fused-ring (bicyclic) bond motifs is 1. The van der Waals surface area contributed by atoms with Gasteiger partial charge in [0.15, 0.2) is 0 Å². The second-order valence-electron chi connectivity index (χ2n) is 4.11. The van der Waals surface area contributed by atoms with Crippen LogP contribution < -0.4 is 5.32 Å². The van der Waals surface area contributed by atoms with Crippen molar-refractivity contribution in [2.45, 2.75) is 13.8 Å². The number of pyridine rings is 1. The van der Waals surface area contributed by atoms with E-state index in [0.29, 0.717) is 12.4 Å². The molecule has 1 heterocycles. The zero-order valence-electron chi connectivity index (χ0n) is 10.9. The minimum atomic E-state index is -0.283. The van der Waals surface area contributed by atoms with Crippen LogP contribution in [0.5, 0.6) is 0 Å². The van der Waals surface area contributed by atoms with Gasteiger partial charge in [-0.25, -0.2) is 4.98 Å². The van der Waals surface area contributed by atoms with Crippen LogP contribution >= 0.6 is 15.9 Å². The van der Waals surface area contributed by atoms with Crippen molar-refractivity contribution in [3.63, 3.8) is 0 Å². The lowest BCUT2D eigenvalue weighted by molar-refractivity contribution is -0.140. The van der Waals surface area contributed by atoms with Gasteiger partial charge in [-0.1, -0.05) is 18.2 Å². The summed E-state index contributed by atoms with van der Waals surface area (Å²) in [5, 5.41) is 5.12. The van der Waals surface area contributed by atoms with E-state index in [4.69, 9.17) is 4.74 Å². The van der Waals surface area contributed by atoms with Crippen LogP contribution in [0.1, 0.15) is 12.5 Å². The summed E-state index contributed by atoms with van der Waals surface area (Å²) < 4.78 is 5.83. The first-order valence-electron chi connectivity index (χ1n) is 6.06. The molecule has 19 heavy (non-hydrogen) atoms. The SMILES string of the molecule is CCOC(=O)CNc1ncc(Br)c2cccc(C)c12. The molecule has 1 aromatic carbocycles. The molecule has 4 nitrogen and oxygen atoms in total. The van der Waals surface area contributed by atoms with Crippen molar-refractivity contribution in [1.82, 2.24) is 4.98 Å². The van der Waals surface area contributed by atoms with Gasteiger partial charge in [-0.05, 0) is 35.3 Å². The van der Waals surface area contributed by atoms with Gasteiger partial charge in [0.2, 0.25) is 0 Å². The molecular weight excluding hydrogens is 308 g/mol. The molecule has 100 valence electrons. The largest absolute Gasteiger partial charge is 0.465 e. The van der Waals surface area contributed by atoms with Gasteiger partial charge >= 0.3 is 5.97 Å². The van der Waals surface area contributed by atoms with E-state index in [9.17, 15) is 4.79 Å². The number of esters is 1. The number of ether oxygens (including phenoxy) is 1. The molecule has 0 fully saturated rings. The number of nitrogens with one attached hydrogen (secondary N) is 1. The molecule has 0 aliphatic carbocycles. The molecule has 2 rings (SSSR count). The summed E-state index contributed by atoms with van der Waals surface area (Å²) in [6.07, 6.45) is 1.73. The van der Waals surface area contributed by atoms with Crippen molar-refractivity contribution < 1.29 is 9.53 Å². The van der Waals surface area contributed by atoms with E-state index in [0.717, 1.165) is 20.8 Å². The van der Waals surface area contributed by atoms with Crippen molar-refractivity contribution in [2.24, 2.45) is 0 Å². The number of hydrogen-bond donors (Lipinski definition) is 1. The first kappa shape index (κ1) is 13.8. The van der Waals surface area contributed by atoms with E-state index in [2.05, 4.69) is 26.2 Å². The van der Waals surface area contributed by atoms with Crippen LogP contribution in [0.2, 0.25) is 0 Å². The molecule has 0 aliphatic heterocycles. The number of nitrogens with zero attached hydrogens (tertiary/aromatic N) is 1. The number of anilines is 1. The lowest BCUT2D eigenvalue weighted by Crippen LogP contribution is -2.17. The maximum absolute atomic E-state index is 11.4. The highest BCUT2D eigenvalue weighted by Gasteiger charge is 2.09. The zero-order chi connectivity index (χ0) is 13.8. The van der Waals surface area contributed by atoms with Gasteiger partial charge in [0.05, 0.1) is 6.61 Å². The lowest BCUT2D eigenvalue weighted by atomic mass is 10.1. The van der Waals surface area contributed by atoms with E-state index in [1.54, 1.807) is 13.1 Å². The third kappa shape index (κ3) is 3.04. The summed E-state index contributed by atoms with van der Waals surface area (Å²) in [6.45, 7) is 4.31. The lowest BCUT2D eigenvalue weighted by Gasteiger charge is -2.11. The Bertz CT molecular complexity index is 614. The molecule has 0 bridgehead atoms. The molecule has 0 radical (unpaired) electrons. The molecule has 1 N–H and O–H groups in total. The first-order chi connectivity index (χ1) is 9.13. The highest BCUT2D eigenvalue weighted by molar-refractivity contribution is 9.10. The number of carbonyl (C=O) groups is 1. The molecule has 1 aromatic heterocycles. The fourth-order valence-electron chi connectivity index (χ4n) is 1.94. The van der Waals surface area contributed by atoms with E-state index in [1.165, 1.54) is 0 Å².